The van der Waals surface area contributed by atoms with E-state index in [9.17, 15) is 19.1 Å². The van der Waals surface area contributed by atoms with Crippen molar-refractivity contribution in [3.8, 4) is 5.88 Å². The Kier molecular flexibility index (Phi) is 6.41. The Morgan fingerprint density at radius 1 is 1.10 bits per heavy atom. The van der Waals surface area contributed by atoms with Crippen molar-refractivity contribution in [1.29, 1.82) is 0 Å². The van der Waals surface area contributed by atoms with Crippen molar-refractivity contribution in [2.24, 2.45) is 0 Å². The molecule has 0 aliphatic carbocycles. The van der Waals surface area contributed by atoms with Gasteiger partial charge < -0.3 is 15.2 Å². The molecule has 0 bridgehead atoms. The summed E-state index contributed by atoms with van der Waals surface area (Å²) < 4.78 is 18.4. The predicted molar refractivity (Wildman–Crippen MR) is 108 cm³/mol. The molecule has 3 N–H and O–H groups in total. The molecule has 0 amide bonds. The highest BCUT2D eigenvalue weighted by molar-refractivity contribution is 6.39. The molecule has 1 aromatic heterocycles. The molecular formula is C20H15Cl2FN2O4. The fourth-order valence-corrected chi connectivity index (χ4v) is 3.05. The van der Waals surface area contributed by atoms with Crippen LogP contribution in [0.2, 0.25) is 10.0 Å². The van der Waals surface area contributed by atoms with Crippen LogP contribution in [-0.4, -0.2) is 16.1 Å². The van der Waals surface area contributed by atoms with Gasteiger partial charge in [-0.25, -0.2) is 4.39 Å². The first-order valence-corrected chi connectivity index (χ1v) is 9.16. The highest BCUT2D eigenvalue weighted by Gasteiger charge is 2.14. The molecule has 6 nitrogen and oxygen atoms in total. The van der Waals surface area contributed by atoms with Crippen molar-refractivity contribution >= 4 is 40.5 Å². The number of ether oxygens (including phenoxy) is 1. The van der Waals surface area contributed by atoms with Gasteiger partial charge in [0.05, 0.1) is 27.7 Å². The third kappa shape index (κ3) is 5.07. The fourth-order valence-electron chi connectivity index (χ4n) is 2.56. The average Bonchev–Trinajstić information content (AvgIpc) is 2.68. The van der Waals surface area contributed by atoms with Gasteiger partial charge >= 0.3 is 5.97 Å². The second kappa shape index (κ2) is 8.98. The van der Waals surface area contributed by atoms with Gasteiger partial charge in [-0.15, -0.1) is 0 Å². The first-order chi connectivity index (χ1) is 13.8. The molecule has 0 aliphatic rings. The Morgan fingerprint density at radius 3 is 2.52 bits per heavy atom. The van der Waals surface area contributed by atoms with Gasteiger partial charge in [-0.05, 0) is 29.8 Å². The Morgan fingerprint density at radius 2 is 1.79 bits per heavy atom. The van der Waals surface area contributed by atoms with E-state index in [0.717, 1.165) is 6.07 Å². The SMILES string of the molecule is O=C(Cc1ccccc1Nc1c(Cl)cccc1Cl)OCc1cc(F)c(=O)[nH]c1O. The van der Waals surface area contributed by atoms with E-state index in [0.29, 0.717) is 27.0 Å². The smallest absolute Gasteiger partial charge is 0.310 e. The lowest BCUT2D eigenvalue weighted by molar-refractivity contribution is -0.144. The highest BCUT2D eigenvalue weighted by Crippen LogP contribution is 2.33. The number of hydrogen-bond donors (Lipinski definition) is 3. The molecule has 0 spiro atoms. The van der Waals surface area contributed by atoms with Gasteiger partial charge in [0.2, 0.25) is 0 Å². The number of halogens is 3. The number of pyridine rings is 1. The topological polar surface area (TPSA) is 91.4 Å². The second-order valence-corrected chi connectivity index (χ2v) is 6.85. The van der Waals surface area contributed by atoms with Gasteiger partial charge in [0.25, 0.3) is 5.56 Å². The van der Waals surface area contributed by atoms with Gasteiger partial charge in [-0.3, -0.25) is 14.6 Å². The monoisotopic (exact) mass is 436 g/mol. The summed E-state index contributed by atoms with van der Waals surface area (Å²) in [7, 11) is 0. The minimum absolute atomic E-state index is 0.0512. The molecule has 3 rings (SSSR count). The summed E-state index contributed by atoms with van der Waals surface area (Å²) in [5.41, 5.74) is 0.619. The van der Waals surface area contributed by atoms with Crippen molar-refractivity contribution in [2.75, 3.05) is 5.32 Å². The Labute approximate surface area is 174 Å². The maximum absolute atomic E-state index is 13.3. The van der Waals surface area contributed by atoms with E-state index in [1.807, 2.05) is 4.98 Å². The number of esters is 1. The molecule has 9 heteroatoms. The van der Waals surface area contributed by atoms with Crippen molar-refractivity contribution in [3.05, 3.63) is 85.9 Å². The van der Waals surface area contributed by atoms with Crippen LogP contribution in [0, 0.1) is 5.82 Å². The van der Waals surface area contributed by atoms with Crippen LogP contribution in [0.1, 0.15) is 11.1 Å². The Balaban J connectivity index is 1.72. The number of nitrogens with one attached hydrogen (secondary N) is 2. The molecule has 0 fully saturated rings. The Bertz CT molecular complexity index is 1100. The van der Waals surface area contributed by atoms with E-state index in [4.69, 9.17) is 27.9 Å². The maximum atomic E-state index is 13.3. The number of aromatic amines is 1. The number of carbonyl (C=O) groups excluding carboxylic acids is 1. The van der Waals surface area contributed by atoms with Gasteiger partial charge in [-0.1, -0.05) is 47.5 Å². The largest absolute Gasteiger partial charge is 0.494 e. The third-order valence-corrected chi connectivity index (χ3v) is 4.65. The van der Waals surface area contributed by atoms with E-state index in [1.165, 1.54) is 0 Å². The van der Waals surface area contributed by atoms with E-state index in [-0.39, 0.29) is 12.0 Å². The number of carbonyl (C=O) groups is 1. The van der Waals surface area contributed by atoms with E-state index >= 15 is 0 Å². The first kappa shape index (κ1) is 20.7. The molecule has 0 atom stereocenters. The number of aromatic nitrogens is 1. The average molecular weight is 437 g/mol. The lowest BCUT2D eigenvalue weighted by Gasteiger charge is -2.14. The molecule has 0 saturated heterocycles. The number of rotatable bonds is 6. The number of H-pyrrole nitrogens is 1. The van der Waals surface area contributed by atoms with Crippen LogP contribution in [0.5, 0.6) is 5.88 Å². The first-order valence-electron chi connectivity index (χ1n) is 8.40. The second-order valence-electron chi connectivity index (χ2n) is 6.04. The van der Waals surface area contributed by atoms with Gasteiger partial charge in [0.1, 0.15) is 6.61 Å². The van der Waals surface area contributed by atoms with Crippen molar-refractivity contribution in [3.63, 3.8) is 0 Å². The molecule has 0 radical (unpaired) electrons. The molecule has 0 aliphatic heterocycles. The number of benzene rings is 2. The van der Waals surface area contributed by atoms with Crippen molar-refractivity contribution in [1.82, 2.24) is 4.98 Å². The van der Waals surface area contributed by atoms with E-state index in [1.54, 1.807) is 42.5 Å². The zero-order valence-corrected chi connectivity index (χ0v) is 16.4. The lowest BCUT2D eigenvalue weighted by atomic mass is 10.1. The van der Waals surface area contributed by atoms with E-state index in [2.05, 4.69) is 5.32 Å². The van der Waals surface area contributed by atoms with Gasteiger partial charge in [-0.2, -0.15) is 0 Å². The minimum atomic E-state index is -1.08. The molecule has 2 aromatic carbocycles. The van der Waals surface area contributed by atoms with Crippen LogP contribution in [-0.2, 0) is 22.6 Å². The summed E-state index contributed by atoms with van der Waals surface area (Å²) >= 11 is 12.4. The van der Waals surface area contributed by atoms with Crippen molar-refractivity contribution < 1.29 is 19.0 Å². The molecule has 3 aromatic rings. The van der Waals surface area contributed by atoms with Gasteiger partial charge in [0.15, 0.2) is 11.7 Å². The summed E-state index contributed by atoms with van der Waals surface area (Å²) in [6, 6.07) is 12.9. The van der Waals surface area contributed by atoms with Crippen molar-refractivity contribution in [2.45, 2.75) is 13.0 Å². The summed E-state index contributed by atoms with van der Waals surface area (Å²) in [4.78, 5) is 25.2. The van der Waals surface area contributed by atoms with Crippen LogP contribution in [0.15, 0.2) is 53.3 Å². The fraction of sp³-hybridized carbons (Fsp3) is 0.100. The molecule has 150 valence electrons. The molecule has 0 saturated carbocycles. The van der Waals surface area contributed by atoms with Crippen LogP contribution in [0.3, 0.4) is 0 Å². The molecule has 1 heterocycles. The summed E-state index contributed by atoms with van der Waals surface area (Å²) in [5.74, 6) is -2.25. The minimum Gasteiger partial charge on any atom is -0.494 e. The lowest BCUT2D eigenvalue weighted by Crippen LogP contribution is -2.14. The van der Waals surface area contributed by atoms with Crippen LogP contribution in [0.4, 0.5) is 15.8 Å². The number of anilines is 2. The molecular weight excluding hydrogens is 422 g/mol. The van der Waals surface area contributed by atoms with Crippen LogP contribution < -0.4 is 10.9 Å². The number of para-hydroxylation sites is 2. The Hall–Kier alpha value is -3.03. The number of hydrogen-bond acceptors (Lipinski definition) is 5. The summed E-state index contributed by atoms with van der Waals surface area (Å²) in [6.07, 6.45) is -0.0994. The quantitative estimate of drug-likeness (QED) is 0.492. The summed E-state index contributed by atoms with van der Waals surface area (Å²) in [6.45, 7) is -0.399. The highest BCUT2D eigenvalue weighted by atomic mass is 35.5. The molecule has 0 unspecified atom stereocenters. The van der Waals surface area contributed by atoms with Crippen LogP contribution in [0.25, 0.3) is 0 Å². The zero-order chi connectivity index (χ0) is 21.0. The van der Waals surface area contributed by atoms with E-state index < -0.39 is 29.8 Å². The number of aromatic hydroxyl groups is 1. The third-order valence-electron chi connectivity index (χ3n) is 4.02. The maximum Gasteiger partial charge on any atom is 0.310 e. The van der Waals surface area contributed by atoms with Gasteiger partial charge in [0, 0.05) is 5.69 Å². The predicted octanol–water partition coefficient (Wildman–Crippen LogP) is 4.56. The summed E-state index contributed by atoms with van der Waals surface area (Å²) in [5, 5.41) is 13.6. The molecule has 29 heavy (non-hydrogen) atoms. The standard InChI is InChI=1S/C20H15Cl2FN2O4/c21-13-5-3-6-14(22)18(13)24-16-7-2-1-4-11(16)9-17(26)29-10-12-8-15(23)20(28)25-19(12)27/h1-8,24H,9-10H2,(H2,25,27,28). The van der Waals surface area contributed by atoms with Crippen LogP contribution >= 0.6 is 23.2 Å². The normalized spacial score (nSPS) is 10.6. The zero-order valence-electron chi connectivity index (χ0n) is 14.8.